The molecule has 0 saturated heterocycles. The number of aromatic nitrogens is 2. The van der Waals surface area contributed by atoms with Crippen molar-refractivity contribution in [2.24, 2.45) is 0 Å². The molecule has 0 fully saturated rings. The largest absolute Gasteiger partial charge is 0.310 e. The highest BCUT2D eigenvalue weighted by Crippen LogP contribution is 2.37. The molecule has 0 unspecified atom stereocenters. The molecule has 23 heavy (non-hydrogen) atoms. The van der Waals surface area contributed by atoms with Crippen LogP contribution in [0.3, 0.4) is 0 Å². The molecule has 0 bridgehead atoms. The number of benzene rings is 2. The number of nitrogens with one attached hydrogen (secondary N) is 1. The summed E-state index contributed by atoms with van der Waals surface area (Å²) in [5.74, 6) is 0.0167. The number of nitrogens with zero attached hydrogens (tertiary/aromatic N) is 2. The molecule has 2 aromatic carbocycles. The second-order valence-corrected chi connectivity index (χ2v) is 5.54. The van der Waals surface area contributed by atoms with Gasteiger partial charge in [-0.05, 0) is 29.8 Å². The minimum absolute atomic E-state index is 0.0931. The Kier molecular flexibility index (Phi) is 3.19. The first kappa shape index (κ1) is 13.7. The van der Waals surface area contributed by atoms with Gasteiger partial charge in [-0.3, -0.25) is 9.36 Å². The zero-order chi connectivity index (χ0) is 15.8. The highest BCUT2D eigenvalue weighted by Gasteiger charge is 2.31. The first-order valence-corrected chi connectivity index (χ1v) is 7.40. The van der Waals surface area contributed by atoms with Gasteiger partial charge in [0, 0.05) is 18.0 Å². The molecule has 1 amide bonds. The number of rotatable bonds is 2. The summed E-state index contributed by atoms with van der Waals surface area (Å²) in [7, 11) is 0. The van der Waals surface area contributed by atoms with E-state index in [-0.39, 0.29) is 24.1 Å². The number of para-hydroxylation sites is 1. The lowest BCUT2D eigenvalue weighted by Crippen LogP contribution is -2.24. The summed E-state index contributed by atoms with van der Waals surface area (Å²) >= 11 is 0. The van der Waals surface area contributed by atoms with E-state index >= 15 is 0 Å². The SMILES string of the molecule is O=C1C[C@H](c2cccc(F)c2)c2ncn(-c3ccccc3)c2N1. The molecular formula is C18H14FN3O. The Morgan fingerprint density at radius 2 is 1.96 bits per heavy atom. The number of carbonyl (C=O) groups excluding carboxylic acids is 1. The van der Waals surface area contributed by atoms with E-state index in [0.29, 0.717) is 5.82 Å². The van der Waals surface area contributed by atoms with E-state index < -0.39 is 0 Å². The van der Waals surface area contributed by atoms with Crippen molar-refractivity contribution in [2.75, 3.05) is 5.32 Å². The maximum atomic E-state index is 13.5. The van der Waals surface area contributed by atoms with E-state index in [1.54, 1.807) is 12.4 Å². The van der Waals surface area contributed by atoms with Gasteiger partial charge in [0.05, 0.1) is 5.69 Å². The number of imidazole rings is 1. The first-order chi connectivity index (χ1) is 11.2. The fourth-order valence-corrected chi connectivity index (χ4v) is 2.99. The van der Waals surface area contributed by atoms with E-state index in [1.165, 1.54) is 12.1 Å². The lowest BCUT2D eigenvalue weighted by molar-refractivity contribution is -0.116. The molecule has 0 saturated carbocycles. The van der Waals surface area contributed by atoms with Crippen LogP contribution < -0.4 is 5.32 Å². The van der Waals surface area contributed by atoms with Crippen LogP contribution in [0.15, 0.2) is 60.9 Å². The lowest BCUT2D eigenvalue weighted by atomic mass is 9.90. The number of carbonyl (C=O) groups is 1. The first-order valence-electron chi connectivity index (χ1n) is 7.40. The third kappa shape index (κ3) is 2.40. The van der Waals surface area contributed by atoms with Crippen LogP contribution in [0.25, 0.3) is 5.69 Å². The van der Waals surface area contributed by atoms with Crippen molar-refractivity contribution in [1.82, 2.24) is 9.55 Å². The minimum atomic E-state index is -0.308. The summed E-state index contributed by atoms with van der Waals surface area (Å²) in [4.78, 5) is 16.6. The molecule has 0 radical (unpaired) electrons. The normalized spacial score (nSPS) is 16.7. The summed E-state index contributed by atoms with van der Waals surface area (Å²) in [5.41, 5.74) is 2.44. The van der Waals surface area contributed by atoms with Gasteiger partial charge in [0.2, 0.25) is 5.91 Å². The topological polar surface area (TPSA) is 46.9 Å². The van der Waals surface area contributed by atoms with E-state index in [4.69, 9.17) is 0 Å². The Morgan fingerprint density at radius 1 is 1.13 bits per heavy atom. The fourth-order valence-electron chi connectivity index (χ4n) is 2.99. The smallest absolute Gasteiger partial charge is 0.226 e. The standard InChI is InChI=1S/C18H14FN3O/c19-13-6-4-5-12(9-13)15-10-16(23)21-18-17(15)20-11-22(18)14-7-2-1-3-8-14/h1-9,11,15H,10H2,(H,21,23)/t15-/m1/s1. The highest BCUT2D eigenvalue weighted by molar-refractivity contribution is 5.94. The van der Waals surface area contributed by atoms with E-state index in [1.807, 2.05) is 41.0 Å². The predicted molar refractivity (Wildman–Crippen MR) is 85.1 cm³/mol. The molecule has 4 rings (SSSR count). The quantitative estimate of drug-likeness (QED) is 0.788. The summed E-state index contributed by atoms with van der Waals surface area (Å²) in [6.45, 7) is 0. The monoisotopic (exact) mass is 307 g/mol. The molecule has 0 aliphatic carbocycles. The number of anilines is 1. The van der Waals surface area contributed by atoms with Crippen molar-refractivity contribution in [3.63, 3.8) is 0 Å². The second-order valence-electron chi connectivity index (χ2n) is 5.54. The molecular weight excluding hydrogens is 293 g/mol. The van der Waals surface area contributed by atoms with Crippen LogP contribution in [-0.4, -0.2) is 15.5 Å². The molecule has 1 N–H and O–H groups in total. The summed E-state index contributed by atoms with van der Waals surface area (Å²) < 4.78 is 15.4. The molecule has 1 aliphatic heterocycles. The average Bonchev–Trinajstić information content (AvgIpc) is 2.98. The van der Waals surface area contributed by atoms with Gasteiger partial charge in [0.25, 0.3) is 0 Å². The Labute approximate surface area is 132 Å². The van der Waals surface area contributed by atoms with Crippen molar-refractivity contribution in [1.29, 1.82) is 0 Å². The van der Waals surface area contributed by atoms with Crippen LogP contribution in [0.1, 0.15) is 23.6 Å². The van der Waals surface area contributed by atoms with E-state index in [0.717, 1.165) is 16.9 Å². The molecule has 1 atom stereocenters. The van der Waals surface area contributed by atoms with Gasteiger partial charge in [-0.2, -0.15) is 0 Å². The number of fused-ring (bicyclic) bond motifs is 1. The third-order valence-electron chi connectivity index (χ3n) is 4.06. The van der Waals surface area contributed by atoms with Crippen molar-refractivity contribution in [3.05, 3.63) is 78.0 Å². The fraction of sp³-hybridized carbons (Fsp3) is 0.111. The Hall–Kier alpha value is -2.95. The third-order valence-corrected chi connectivity index (χ3v) is 4.06. The summed E-state index contributed by atoms with van der Waals surface area (Å²) in [6.07, 6.45) is 1.96. The maximum absolute atomic E-state index is 13.5. The lowest BCUT2D eigenvalue weighted by Gasteiger charge is -2.23. The van der Waals surface area contributed by atoms with E-state index in [9.17, 15) is 9.18 Å². The van der Waals surface area contributed by atoms with Crippen LogP contribution in [0.5, 0.6) is 0 Å². The van der Waals surface area contributed by atoms with Crippen molar-refractivity contribution in [3.8, 4) is 5.69 Å². The molecule has 2 heterocycles. The highest BCUT2D eigenvalue weighted by atomic mass is 19.1. The van der Waals surface area contributed by atoms with Crippen LogP contribution in [0, 0.1) is 5.82 Å². The molecule has 0 spiro atoms. The second kappa shape index (κ2) is 5.35. The number of hydrogen-bond acceptors (Lipinski definition) is 2. The summed E-state index contributed by atoms with van der Waals surface area (Å²) in [6, 6.07) is 16.0. The van der Waals surface area contributed by atoms with E-state index in [2.05, 4.69) is 10.3 Å². The zero-order valence-corrected chi connectivity index (χ0v) is 12.2. The van der Waals surface area contributed by atoms with Crippen molar-refractivity contribution in [2.45, 2.75) is 12.3 Å². The summed E-state index contributed by atoms with van der Waals surface area (Å²) in [5, 5.41) is 2.89. The van der Waals surface area contributed by atoms with Crippen LogP contribution >= 0.6 is 0 Å². The van der Waals surface area contributed by atoms with Gasteiger partial charge in [0.15, 0.2) is 0 Å². The van der Waals surface area contributed by atoms with Gasteiger partial charge in [0.1, 0.15) is 18.0 Å². The number of amides is 1. The maximum Gasteiger partial charge on any atom is 0.226 e. The van der Waals surface area contributed by atoms with Crippen LogP contribution in [0.4, 0.5) is 10.2 Å². The van der Waals surface area contributed by atoms with Crippen molar-refractivity contribution >= 4 is 11.7 Å². The zero-order valence-electron chi connectivity index (χ0n) is 12.2. The molecule has 5 heteroatoms. The number of halogens is 1. The molecule has 114 valence electrons. The Balaban J connectivity index is 1.83. The number of hydrogen-bond donors (Lipinski definition) is 1. The molecule has 1 aliphatic rings. The molecule has 1 aromatic heterocycles. The Morgan fingerprint density at radius 3 is 2.74 bits per heavy atom. The predicted octanol–water partition coefficient (Wildman–Crippen LogP) is 3.49. The van der Waals surface area contributed by atoms with Crippen LogP contribution in [-0.2, 0) is 4.79 Å². The average molecular weight is 307 g/mol. The van der Waals surface area contributed by atoms with Gasteiger partial charge in [-0.25, -0.2) is 9.37 Å². The van der Waals surface area contributed by atoms with Crippen molar-refractivity contribution < 1.29 is 9.18 Å². The Bertz CT molecular complexity index is 873. The van der Waals surface area contributed by atoms with Gasteiger partial charge in [-0.15, -0.1) is 0 Å². The van der Waals surface area contributed by atoms with Crippen LogP contribution in [0.2, 0.25) is 0 Å². The van der Waals surface area contributed by atoms with Gasteiger partial charge in [-0.1, -0.05) is 30.3 Å². The molecule has 3 aromatic rings. The molecule has 4 nitrogen and oxygen atoms in total. The minimum Gasteiger partial charge on any atom is -0.310 e. The van der Waals surface area contributed by atoms with Gasteiger partial charge >= 0.3 is 0 Å². The van der Waals surface area contributed by atoms with Gasteiger partial charge < -0.3 is 5.32 Å².